The number of nitrogens with zero attached hydrogens (tertiary/aromatic N) is 2. The SMILES string of the molecule is CCCOc1ccnc(NCCc2ccc(N)cc2)n1. The lowest BCUT2D eigenvalue weighted by atomic mass is 10.1. The molecule has 0 fully saturated rings. The molecular formula is C15H20N4O. The fourth-order valence-corrected chi connectivity index (χ4v) is 1.72. The van der Waals surface area contributed by atoms with Gasteiger partial charge in [0.25, 0.3) is 0 Å². The predicted octanol–water partition coefficient (Wildman–Crippen LogP) is 2.50. The molecule has 0 atom stereocenters. The third-order valence-corrected chi connectivity index (χ3v) is 2.76. The second kappa shape index (κ2) is 7.33. The Bertz CT molecular complexity index is 528. The summed E-state index contributed by atoms with van der Waals surface area (Å²) in [6.45, 7) is 3.50. The van der Waals surface area contributed by atoms with E-state index in [2.05, 4.69) is 22.2 Å². The van der Waals surface area contributed by atoms with Crippen molar-refractivity contribution in [1.29, 1.82) is 0 Å². The maximum atomic E-state index is 5.65. The van der Waals surface area contributed by atoms with Crippen molar-refractivity contribution in [3.63, 3.8) is 0 Å². The smallest absolute Gasteiger partial charge is 0.225 e. The molecule has 1 heterocycles. The van der Waals surface area contributed by atoms with Gasteiger partial charge in [-0.1, -0.05) is 19.1 Å². The van der Waals surface area contributed by atoms with Crippen LogP contribution in [0.3, 0.4) is 0 Å². The number of anilines is 2. The Morgan fingerprint density at radius 2 is 2.00 bits per heavy atom. The molecule has 2 rings (SSSR count). The summed E-state index contributed by atoms with van der Waals surface area (Å²) in [6.07, 6.45) is 3.55. The number of benzene rings is 1. The Morgan fingerprint density at radius 1 is 1.20 bits per heavy atom. The Kier molecular flexibility index (Phi) is 5.17. The lowest BCUT2D eigenvalue weighted by molar-refractivity contribution is 0.305. The standard InChI is InChI=1S/C15H20N4O/c1-2-11-20-14-8-10-18-15(19-14)17-9-7-12-3-5-13(16)6-4-12/h3-6,8,10H,2,7,9,11,16H2,1H3,(H,17,18,19). The minimum atomic E-state index is 0.592. The van der Waals surface area contributed by atoms with Gasteiger partial charge in [-0.2, -0.15) is 4.98 Å². The monoisotopic (exact) mass is 272 g/mol. The van der Waals surface area contributed by atoms with Crippen molar-refractivity contribution in [2.45, 2.75) is 19.8 Å². The Balaban J connectivity index is 1.82. The zero-order valence-electron chi connectivity index (χ0n) is 11.7. The lowest BCUT2D eigenvalue weighted by Gasteiger charge is -2.07. The van der Waals surface area contributed by atoms with Crippen molar-refractivity contribution in [1.82, 2.24) is 9.97 Å². The van der Waals surface area contributed by atoms with E-state index in [1.54, 1.807) is 12.3 Å². The van der Waals surface area contributed by atoms with Gasteiger partial charge in [-0.05, 0) is 30.5 Å². The Labute approximate surface area is 119 Å². The number of nitrogens with two attached hydrogens (primary N) is 1. The van der Waals surface area contributed by atoms with E-state index in [0.29, 0.717) is 18.4 Å². The van der Waals surface area contributed by atoms with E-state index in [4.69, 9.17) is 10.5 Å². The molecule has 0 bridgehead atoms. The fourth-order valence-electron chi connectivity index (χ4n) is 1.72. The van der Waals surface area contributed by atoms with E-state index in [1.165, 1.54) is 5.56 Å². The quantitative estimate of drug-likeness (QED) is 0.758. The summed E-state index contributed by atoms with van der Waals surface area (Å²) in [5, 5.41) is 3.19. The summed E-state index contributed by atoms with van der Waals surface area (Å²) in [5.41, 5.74) is 7.66. The van der Waals surface area contributed by atoms with Crippen LogP contribution in [0.25, 0.3) is 0 Å². The van der Waals surface area contributed by atoms with Crippen LogP contribution in [0.2, 0.25) is 0 Å². The normalized spacial score (nSPS) is 10.2. The Hall–Kier alpha value is -2.30. The van der Waals surface area contributed by atoms with Crippen molar-refractivity contribution < 1.29 is 4.74 Å². The van der Waals surface area contributed by atoms with Crippen molar-refractivity contribution in [2.75, 3.05) is 24.2 Å². The Morgan fingerprint density at radius 3 is 2.75 bits per heavy atom. The van der Waals surface area contributed by atoms with Crippen LogP contribution in [0.4, 0.5) is 11.6 Å². The first-order valence-corrected chi connectivity index (χ1v) is 6.82. The molecule has 0 radical (unpaired) electrons. The molecule has 1 aromatic carbocycles. The molecule has 0 amide bonds. The number of nitrogens with one attached hydrogen (secondary N) is 1. The molecule has 0 saturated heterocycles. The molecule has 3 N–H and O–H groups in total. The molecule has 0 spiro atoms. The van der Waals surface area contributed by atoms with Crippen LogP contribution in [-0.4, -0.2) is 23.1 Å². The summed E-state index contributed by atoms with van der Waals surface area (Å²) in [4.78, 5) is 8.46. The molecule has 5 heteroatoms. The van der Waals surface area contributed by atoms with Gasteiger partial charge in [0.15, 0.2) is 0 Å². The third kappa shape index (κ3) is 4.42. The molecule has 106 valence electrons. The van der Waals surface area contributed by atoms with Crippen LogP contribution in [0.15, 0.2) is 36.5 Å². The van der Waals surface area contributed by atoms with E-state index in [0.717, 1.165) is 25.1 Å². The zero-order chi connectivity index (χ0) is 14.2. The van der Waals surface area contributed by atoms with Gasteiger partial charge < -0.3 is 15.8 Å². The van der Waals surface area contributed by atoms with E-state index >= 15 is 0 Å². The van der Waals surface area contributed by atoms with Gasteiger partial charge in [0.05, 0.1) is 6.61 Å². The van der Waals surface area contributed by atoms with Crippen LogP contribution < -0.4 is 15.8 Å². The topological polar surface area (TPSA) is 73.1 Å². The highest BCUT2D eigenvalue weighted by atomic mass is 16.5. The van der Waals surface area contributed by atoms with Gasteiger partial charge >= 0.3 is 0 Å². The van der Waals surface area contributed by atoms with Gasteiger partial charge in [-0.25, -0.2) is 4.98 Å². The van der Waals surface area contributed by atoms with Crippen molar-refractivity contribution >= 4 is 11.6 Å². The number of nitrogen functional groups attached to an aromatic ring is 1. The third-order valence-electron chi connectivity index (χ3n) is 2.76. The number of hydrogen-bond acceptors (Lipinski definition) is 5. The molecular weight excluding hydrogens is 252 g/mol. The highest BCUT2D eigenvalue weighted by Crippen LogP contribution is 2.09. The van der Waals surface area contributed by atoms with Crippen LogP contribution in [0.1, 0.15) is 18.9 Å². The average molecular weight is 272 g/mol. The van der Waals surface area contributed by atoms with E-state index in [9.17, 15) is 0 Å². The van der Waals surface area contributed by atoms with E-state index in [-0.39, 0.29) is 0 Å². The minimum absolute atomic E-state index is 0.592. The first kappa shape index (κ1) is 14.1. The van der Waals surface area contributed by atoms with Gasteiger partial charge in [0.2, 0.25) is 11.8 Å². The van der Waals surface area contributed by atoms with Crippen molar-refractivity contribution in [3.05, 3.63) is 42.1 Å². The van der Waals surface area contributed by atoms with Crippen molar-refractivity contribution in [2.24, 2.45) is 0 Å². The second-order valence-corrected chi connectivity index (χ2v) is 4.49. The summed E-state index contributed by atoms with van der Waals surface area (Å²) in [7, 11) is 0. The lowest BCUT2D eigenvalue weighted by Crippen LogP contribution is -2.08. The van der Waals surface area contributed by atoms with Crippen LogP contribution >= 0.6 is 0 Å². The molecule has 5 nitrogen and oxygen atoms in total. The largest absolute Gasteiger partial charge is 0.478 e. The van der Waals surface area contributed by atoms with E-state index < -0.39 is 0 Å². The highest BCUT2D eigenvalue weighted by molar-refractivity contribution is 5.39. The zero-order valence-corrected chi connectivity index (χ0v) is 11.7. The summed E-state index contributed by atoms with van der Waals surface area (Å²) in [5.74, 6) is 1.20. The highest BCUT2D eigenvalue weighted by Gasteiger charge is 2.00. The molecule has 0 aliphatic carbocycles. The van der Waals surface area contributed by atoms with Gasteiger partial charge in [0, 0.05) is 24.5 Å². The maximum Gasteiger partial charge on any atom is 0.225 e. The van der Waals surface area contributed by atoms with Gasteiger partial charge in [-0.15, -0.1) is 0 Å². The number of ether oxygens (including phenoxy) is 1. The molecule has 0 unspecified atom stereocenters. The maximum absolute atomic E-state index is 5.65. The molecule has 0 aliphatic heterocycles. The second-order valence-electron chi connectivity index (χ2n) is 4.49. The van der Waals surface area contributed by atoms with Crippen LogP contribution in [0, 0.1) is 0 Å². The van der Waals surface area contributed by atoms with Gasteiger partial charge in [-0.3, -0.25) is 0 Å². The number of hydrogen-bond donors (Lipinski definition) is 2. The van der Waals surface area contributed by atoms with Crippen molar-refractivity contribution in [3.8, 4) is 5.88 Å². The van der Waals surface area contributed by atoms with Crippen LogP contribution in [0.5, 0.6) is 5.88 Å². The van der Waals surface area contributed by atoms with Gasteiger partial charge in [0.1, 0.15) is 0 Å². The summed E-state index contributed by atoms with van der Waals surface area (Å²) >= 11 is 0. The molecule has 1 aromatic heterocycles. The molecule has 0 saturated carbocycles. The summed E-state index contributed by atoms with van der Waals surface area (Å²) in [6, 6.07) is 9.63. The first-order valence-electron chi connectivity index (χ1n) is 6.82. The number of aromatic nitrogens is 2. The number of rotatable bonds is 7. The van der Waals surface area contributed by atoms with E-state index in [1.807, 2.05) is 24.3 Å². The fraction of sp³-hybridized carbons (Fsp3) is 0.333. The average Bonchev–Trinajstić information content (AvgIpc) is 2.48. The first-order chi connectivity index (χ1) is 9.78. The molecule has 20 heavy (non-hydrogen) atoms. The molecule has 0 aliphatic rings. The van der Waals surface area contributed by atoms with Crippen LogP contribution in [-0.2, 0) is 6.42 Å². The molecule has 2 aromatic rings. The summed E-state index contributed by atoms with van der Waals surface area (Å²) < 4.78 is 5.47. The minimum Gasteiger partial charge on any atom is -0.478 e. The predicted molar refractivity (Wildman–Crippen MR) is 80.9 cm³/mol.